The van der Waals surface area contributed by atoms with Crippen molar-refractivity contribution in [3.05, 3.63) is 64.2 Å². The zero-order valence-corrected chi connectivity index (χ0v) is 15.7. The van der Waals surface area contributed by atoms with Crippen LogP contribution in [0.25, 0.3) is 0 Å². The zero-order valence-electron chi connectivity index (χ0n) is 15.7. The topological polar surface area (TPSA) is 32.7 Å². The molecule has 2 aromatic carbocycles. The fourth-order valence-electron chi connectivity index (χ4n) is 4.62. The highest BCUT2D eigenvalue weighted by molar-refractivity contribution is 5.44. The van der Waals surface area contributed by atoms with Gasteiger partial charge in [0.2, 0.25) is 0 Å². The van der Waals surface area contributed by atoms with Gasteiger partial charge in [-0.15, -0.1) is 0 Å². The number of aliphatic hydroxyl groups excluding tert-OH is 1. The van der Waals surface area contributed by atoms with E-state index in [9.17, 15) is 5.11 Å². The van der Waals surface area contributed by atoms with E-state index in [2.05, 4.69) is 35.2 Å². The van der Waals surface area contributed by atoms with E-state index in [4.69, 9.17) is 4.74 Å². The molecule has 1 heterocycles. The van der Waals surface area contributed by atoms with E-state index in [0.717, 1.165) is 37.4 Å². The van der Waals surface area contributed by atoms with Crippen molar-refractivity contribution >= 4 is 0 Å². The van der Waals surface area contributed by atoms with Gasteiger partial charge >= 0.3 is 0 Å². The van der Waals surface area contributed by atoms with Crippen molar-refractivity contribution in [1.82, 2.24) is 4.90 Å². The van der Waals surface area contributed by atoms with Crippen LogP contribution in [0, 0.1) is 5.92 Å². The minimum absolute atomic E-state index is 0.128. The molecule has 1 atom stereocenters. The van der Waals surface area contributed by atoms with Crippen molar-refractivity contribution in [3.8, 4) is 5.75 Å². The minimum atomic E-state index is 0.128. The van der Waals surface area contributed by atoms with Crippen LogP contribution in [-0.2, 0) is 32.4 Å². The van der Waals surface area contributed by atoms with Gasteiger partial charge in [-0.3, -0.25) is 4.90 Å². The second-order valence-electron chi connectivity index (χ2n) is 7.86. The smallest absolute Gasteiger partial charge is 0.123 e. The molecule has 3 nitrogen and oxygen atoms in total. The number of hydrogen-bond acceptors (Lipinski definition) is 3. The summed E-state index contributed by atoms with van der Waals surface area (Å²) in [7, 11) is 1.79. The van der Waals surface area contributed by atoms with Crippen LogP contribution < -0.4 is 4.74 Å². The summed E-state index contributed by atoms with van der Waals surface area (Å²) in [6.45, 7) is 3.42. The summed E-state index contributed by atoms with van der Waals surface area (Å²) in [6, 6.07) is 13.0. The second-order valence-corrected chi connectivity index (χ2v) is 7.86. The van der Waals surface area contributed by atoms with E-state index >= 15 is 0 Å². The van der Waals surface area contributed by atoms with Crippen LogP contribution in [0.15, 0.2) is 36.4 Å². The van der Waals surface area contributed by atoms with Gasteiger partial charge < -0.3 is 9.84 Å². The average Bonchev–Trinajstić information content (AvgIpc) is 3.30. The van der Waals surface area contributed by atoms with E-state index in [0.29, 0.717) is 5.92 Å². The summed E-state index contributed by atoms with van der Waals surface area (Å²) in [5, 5.41) is 9.32. The van der Waals surface area contributed by atoms with Gasteiger partial charge in [0, 0.05) is 18.7 Å². The largest absolute Gasteiger partial charge is 0.496 e. The maximum absolute atomic E-state index is 9.32. The molecule has 1 aliphatic carbocycles. The highest BCUT2D eigenvalue weighted by Crippen LogP contribution is 2.32. The summed E-state index contributed by atoms with van der Waals surface area (Å²) in [5.74, 6) is 1.76. The molecule has 1 aliphatic heterocycles. The van der Waals surface area contributed by atoms with Crippen LogP contribution in [0.1, 0.15) is 40.7 Å². The Hall–Kier alpha value is -1.84. The first-order valence-corrected chi connectivity index (χ1v) is 9.85. The van der Waals surface area contributed by atoms with Gasteiger partial charge in [0.25, 0.3) is 0 Å². The van der Waals surface area contributed by atoms with Gasteiger partial charge in [0.15, 0.2) is 0 Å². The van der Waals surface area contributed by atoms with Crippen molar-refractivity contribution < 1.29 is 9.84 Å². The third-order valence-electron chi connectivity index (χ3n) is 5.96. The Morgan fingerprint density at radius 2 is 1.92 bits per heavy atom. The normalized spacial score (nSPS) is 19.7. The number of likely N-dealkylation sites (tertiary alicyclic amines) is 1. The molecule has 0 aromatic heterocycles. The maximum atomic E-state index is 9.32. The van der Waals surface area contributed by atoms with Crippen molar-refractivity contribution in [2.45, 2.75) is 45.3 Å². The fraction of sp³-hybridized carbons (Fsp3) is 0.478. The molecule has 4 rings (SSSR count). The molecule has 2 aliphatic rings. The van der Waals surface area contributed by atoms with Crippen LogP contribution in [0.3, 0.4) is 0 Å². The third-order valence-corrected chi connectivity index (χ3v) is 5.96. The number of benzene rings is 2. The number of ether oxygens (including phenoxy) is 1. The van der Waals surface area contributed by atoms with Crippen LogP contribution in [0.5, 0.6) is 5.75 Å². The lowest BCUT2D eigenvalue weighted by atomic mass is 9.97. The molecular weight excluding hydrogens is 322 g/mol. The number of aliphatic hydroxyl groups is 1. The SMILES string of the molecule is COc1cc2c(cc1CN1CC[C@@H](Cc3cccc(CO)c3)C1)CCC2. The Kier molecular flexibility index (Phi) is 5.28. The Morgan fingerprint density at radius 1 is 1.12 bits per heavy atom. The number of nitrogens with zero attached hydrogens (tertiary/aromatic N) is 1. The number of aryl methyl sites for hydroxylation is 2. The first-order valence-electron chi connectivity index (χ1n) is 9.85. The molecule has 0 spiro atoms. The standard InChI is InChI=1S/C23H29NO2/c1-26-23-13-21-7-3-6-20(21)12-22(23)15-24-9-8-18(14-24)10-17-4-2-5-19(11-17)16-25/h2,4-5,11-13,18,25H,3,6-10,14-16H2,1H3/t18-/m0/s1. The molecule has 1 fully saturated rings. The Morgan fingerprint density at radius 3 is 2.73 bits per heavy atom. The predicted molar refractivity (Wildman–Crippen MR) is 104 cm³/mol. The Labute approximate surface area is 156 Å². The molecule has 1 saturated heterocycles. The highest BCUT2D eigenvalue weighted by atomic mass is 16.5. The number of fused-ring (bicyclic) bond motifs is 1. The van der Waals surface area contributed by atoms with Gasteiger partial charge in [-0.1, -0.05) is 30.3 Å². The van der Waals surface area contributed by atoms with E-state index in [1.807, 2.05) is 6.07 Å². The molecule has 0 amide bonds. The van der Waals surface area contributed by atoms with E-state index < -0.39 is 0 Å². The molecule has 0 saturated carbocycles. The summed E-state index contributed by atoms with van der Waals surface area (Å²) in [5.41, 5.74) is 6.71. The highest BCUT2D eigenvalue weighted by Gasteiger charge is 2.24. The van der Waals surface area contributed by atoms with Gasteiger partial charge in [0.1, 0.15) is 5.75 Å². The number of rotatable bonds is 6. The molecule has 1 N–H and O–H groups in total. The van der Waals surface area contributed by atoms with Crippen molar-refractivity contribution in [2.24, 2.45) is 5.92 Å². The molecule has 0 unspecified atom stereocenters. The van der Waals surface area contributed by atoms with Crippen LogP contribution in [0.2, 0.25) is 0 Å². The second kappa shape index (κ2) is 7.81. The molecule has 0 radical (unpaired) electrons. The van der Waals surface area contributed by atoms with Gasteiger partial charge in [-0.25, -0.2) is 0 Å². The lowest BCUT2D eigenvalue weighted by Crippen LogP contribution is -2.21. The lowest BCUT2D eigenvalue weighted by molar-refractivity contribution is 0.281. The molecule has 26 heavy (non-hydrogen) atoms. The van der Waals surface area contributed by atoms with Crippen LogP contribution >= 0.6 is 0 Å². The van der Waals surface area contributed by atoms with E-state index in [1.165, 1.54) is 47.9 Å². The van der Waals surface area contributed by atoms with Crippen molar-refractivity contribution in [2.75, 3.05) is 20.2 Å². The van der Waals surface area contributed by atoms with E-state index in [1.54, 1.807) is 7.11 Å². The van der Waals surface area contributed by atoms with Gasteiger partial charge in [0.05, 0.1) is 13.7 Å². The predicted octanol–water partition coefficient (Wildman–Crippen LogP) is 3.74. The number of hydrogen-bond donors (Lipinski definition) is 1. The molecule has 3 heteroatoms. The van der Waals surface area contributed by atoms with Crippen LogP contribution in [0.4, 0.5) is 0 Å². The summed E-state index contributed by atoms with van der Waals surface area (Å²) < 4.78 is 5.68. The van der Waals surface area contributed by atoms with Crippen LogP contribution in [-0.4, -0.2) is 30.2 Å². The quantitative estimate of drug-likeness (QED) is 0.860. The Bertz CT molecular complexity index is 771. The average molecular weight is 351 g/mol. The molecule has 0 bridgehead atoms. The first-order chi connectivity index (χ1) is 12.7. The summed E-state index contributed by atoms with van der Waals surface area (Å²) >= 11 is 0. The molecular formula is C23H29NO2. The number of methoxy groups -OCH3 is 1. The van der Waals surface area contributed by atoms with Gasteiger partial charge in [-0.05, 0) is 72.9 Å². The monoisotopic (exact) mass is 351 g/mol. The summed E-state index contributed by atoms with van der Waals surface area (Å²) in [4.78, 5) is 2.57. The summed E-state index contributed by atoms with van der Waals surface area (Å²) in [6.07, 6.45) is 6.05. The lowest BCUT2D eigenvalue weighted by Gasteiger charge is -2.19. The maximum Gasteiger partial charge on any atom is 0.123 e. The first kappa shape index (κ1) is 17.6. The zero-order chi connectivity index (χ0) is 17.9. The third kappa shape index (κ3) is 3.79. The minimum Gasteiger partial charge on any atom is -0.496 e. The van der Waals surface area contributed by atoms with Crippen molar-refractivity contribution in [3.63, 3.8) is 0 Å². The van der Waals surface area contributed by atoms with E-state index in [-0.39, 0.29) is 6.61 Å². The molecule has 2 aromatic rings. The molecule has 138 valence electrons. The Balaban J connectivity index is 1.40. The van der Waals surface area contributed by atoms with Gasteiger partial charge in [-0.2, -0.15) is 0 Å². The van der Waals surface area contributed by atoms with Crippen molar-refractivity contribution in [1.29, 1.82) is 0 Å². The fourth-order valence-corrected chi connectivity index (χ4v) is 4.62.